The van der Waals surface area contributed by atoms with Crippen molar-refractivity contribution in [3.05, 3.63) is 50.0 Å². The van der Waals surface area contributed by atoms with Gasteiger partial charge in [0.15, 0.2) is 52.2 Å². The van der Waals surface area contributed by atoms with Crippen LogP contribution < -0.4 is 33.9 Å². The maximum atomic E-state index is 13.7. The molecule has 6 aromatic heterocycles. The number of nitrogen functional groups attached to an aromatic ring is 3. The number of fused-ring (bicyclic) bond motifs is 3. The Kier molecular flexibility index (Phi) is 12.9. The smallest absolute Gasteiger partial charge is 0.387 e. The van der Waals surface area contributed by atoms with E-state index < -0.39 is 145 Å². The average Bonchev–Trinajstić information content (AvgIpc) is 4.13. The van der Waals surface area contributed by atoms with Crippen LogP contribution in [0.1, 0.15) is 18.7 Å². The van der Waals surface area contributed by atoms with Gasteiger partial charge in [-0.25, -0.2) is 28.6 Å². The Morgan fingerprint density at radius 2 is 0.857 bits per heavy atom. The van der Waals surface area contributed by atoms with E-state index in [-0.39, 0.29) is 39.4 Å². The number of hydrogen-bond acceptors (Lipinski definition) is 27. The molecule has 3 fully saturated rings. The fraction of sp³-hybridized carbons (Fsp3) is 0.500. The first-order valence-corrected chi connectivity index (χ1v) is 24.3. The fourth-order valence-corrected chi connectivity index (χ4v) is 10.1. The zero-order valence-electron chi connectivity index (χ0n) is 34.7. The molecule has 0 aromatic carbocycles. The molecular weight excluding hydrogens is 1020 g/mol. The van der Waals surface area contributed by atoms with Gasteiger partial charge < -0.3 is 71.4 Å². The molecule has 9 heterocycles. The minimum atomic E-state index is -5.60. The van der Waals surface area contributed by atoms with E-state index >= 15 is 0 Å². The van der Waals surface area contributed by atoms with E-state index in [9.17, 15) is 68.1 Å². The standard InChI is InChI=1S/C30H38N15O22P3/c31-28-37-19-10(22(50)40-28)34-4-43(19)25-14(47)13(46)7(63-25)1-61-69(56,57)67-18-9(65-27(16(18)49)45-6-36-12-21(45)39-30(33)42-24(12)52)3-62-70(58,59)66-17-8(2-60-68(53,54)55)64-26(15(17)48)44-5-35-11-20(44)38-29(32)41-23(11)51/h4-9,13-18,25-27,46-49H,1-3H2,(H,56,57)(H,58,59)(H2,53,54,55)(H3,31,37,40,50)(H3,32,38,41,51)(H3,33,39,42,52)/t7-,8-,9-,13-,14-,15-,16-,17-,18-,25-,26-,27-/m1/s1. The molecule has 6 aromatic rings. The number of imidazole rings is 3. The Bertz CT molecular complexity index is 3300. The number of aromatic nitrogens is 12. The normalized spacial score (nSPS) is 30.2. The lowest BCUT2D eigenvalue weighted by atomic mass is 10.1. The number of aliphatic hydroxyl groups is 4. The Hall–Kier alpha value is -5.50. The highest BCUT2D eigenvalue weighted by Gasteiger charge is 2.53. The van der Waals surface area contributed by atoms with Gasteiger partial charge in [0.2, 0.25) is 17.8 Å². The van der Waals surface area contributed by atoms with Gasteiger partial charge in [0, 0.05) is 0 Å². The Morgan fingerprint density at radius 3 is 1.23 bits per heavy atom. The first kappa shape index (κ1) is 49.5. The van der Waals surface area contributed by atoms with Gasteiger partial charge in [0.05, 0.1) is 38.8 Å². The molecule has 3 aliphatic heterocycles. The Morgan fingerprint density at radius 1 is 0.529 bits per heavy atom. The highest BCUT2D eigenvalue weighted by molar-refractivity contribution is 7.47. The van der Waals surface area contributed by atoms with Gasteiger partial charge in [0.1, 0.15) is 54.9 Å². The van der Waals surface area contributed by atoms with Crippen LogP contribution in [0.25, 0.3) is 33.5 Å². The number of phosphoric acid groups is 3. The van der Waals surface area contributed by atoms with E-state index in [1.807, 2.05) is 0 Å². The number of nitrogens with zero attached hydrogens (tertiary/aromatic N) is 9. The molecule has 0 bridgehead atoms. The topological polar surface area (TPSA) is 556 Å². The molecule has 0 amide bonds. The molecule has 37 nitrogen and oxygen atoms in total. The average molecular weight is 1050 g/mol. The van der Waals surface area contributed by atoms with E-state index in [1.54, 1.807) is 0 Å². The van der Waals surface area contributed by atoms with Crippen molar-refractivity contribution in [3.8, 4) is 0 Å². The number of phosphoric ester groups is 3. The third-order valence-corrected chi connectivity index (χ3v) is 13.3. The third kappa shape index (κ3) is 9.53. The first-order valence-electron chi connectivity index (χ1n) is 19.8. The lowest BCUT2D eigenvalue weighted by Gasteiger charge is -2.26. The van der Waals surface area contributed by atoms with Gasteiger partial charge in [-0.05, 0) is 0 Å². The van der Waals surface area contributed by atoms with E-state index in [4.69, 9.17) is 49.5 Å². The summed E-state index contributed by atoms with van der Waals surface area (Å²) in [6.45, 7) is -3.31. The zero-order valence-corrected chi connectivity index (χ0v) is 37.4. The van der Waals surface area contributed by atoms with Crippen molar-refractivity contribution in [3.63, 3.8) is 0 Å². The SMILES string of the molecule is Nc1nc2c(ncn2[C@@H]2O[C@H](COP(=O)(O)O[C@H]3[C@@H](O)[C@H](n4cnc5c(=O)[nH]c(N)nc54)O[C@@H]3COP(=O)(O)O[C@H]3[C@@H](O)[C@H](n4cnc5c(=O)[nH]c(N)nc54)O[C@@H]3COP(=O)(O)O)[C@@H](O)[C@H]2O)c(=O)[nH]1. The Labute approximate surface area is 384 Å². The van der Waals surface area contributed by atoms with Crippen molar-refractivity contribution in [2.24, 2.45) is 0 Å². The second-order valence-corrected chi connectivity index (χ2v) is 19.5. The molecule has 0 saturated carbocycles. The van der Waals surface area contributed by atoms with E-state index in [0.29, 0.717) is 0 Å². The van der Waals surface area contributed by atoms with Crippen LogP contribution in [0.4, 0.5) is 17.8 Å². The molecule has 14 atom stereocenters. The summed E-state index contributed by atoms with van der Waals surface area (Å²) < 4.78 is 84.4. The van der Waals surface area contributed by atoms with Crippen LogP contribution in [0.15, 0.2) is 33.4 Å². The fourth-order valence-electron chi connectivity index (χ4n) is 7.79. The molecular formula is C30H38N15O22P3. The third-order valence-electron chi connectivity index (χ3n) is 10.9. The largest absolute Gasteiger partial charge is 0.472 e. The molecule has 3 saturated heterocycles. The minimum Gasteiger partial charge on any atom is -0.387 e. The van der Waals surface area contributed by atoms with Crippen LogP contribution in [-0.2, 0) is 50.5 Å². The van der Waals surface area contributed by atoms with Crippen LogP contribution in [0, 0.1) is 0 Å². The number of aromatic amines is 3. The van der Waals surface area contributed by atoms with Crippen molar-refractivity contribution >= 4 is 74.8 Å². The quantitative estimate of drug-likeness (QED) is 0.0402. The van der Waals surface area contributed by atoms with Crippen LogP contribution in [0.2, 0.25) is 0 Å². The van der Waals surface area contributed by atoms with Gasteiger partial charge in [0.25, 0.3) is 16.7 Å². The van der Waals surface area contributed by atoms with Gasteiger partial charge in [-0.15, -0.1) is 0 Å². The van der Waals surface area contributed by atoms with Crippen molar-refractivity contribution in [1.29, 1.82) is 0 Å². The van der Waals surface area contributed by atoms with Gasteiger partial charge >= 0.3 is 23.5 Å². The number of hydrogen-bond donors (Lipinski definition) is 14. The second kappa shape index (κ2) is 18.3. The number of anilines is 3. The molecule has 2 unspecified atom stereocenters. The number of nitrogens with two attached hydrogens (primary N) is 3. The molecule has 70 heavy (non-hydrogen) atoms. The summed E-state index contributed by atoms with van der Waals surface area (Å²) in [6, 6.07) is 0. The molecule has 0 radical (unpaired) electrons. The van der Waals surface area contributed by atoms with Crippen molar-refractivity contribution in [2.75, 3.05) is 37.0 Å². The van der Waals surface area contributed by atoms with Crippen LogP contribution in [-0.4, -0.2) is 173 Å². The summed E-state index contributed by atoms with van der Waals surface area (Å²) in [5.41, 5.74) is 13.1. The second-order valence-electron chi connectivity index (χ2n) is 15.4. The summed E-state index contributed by atoms with van der Waals surface area (Å²) >= 11 is 0. The summed E-state index contributed by atoms with van der Waals surface area (Å²) in [6.07, 6.45) is -19.3. The lowest BCUT2D eigenvalue weighted by molar-refractivity contribution is -0.0616. The van der Waals surface area contributed by atoms with Gasteiger partial charge in [-0.3, -0.25) is 65.7 Å². The van der Waals surface area contributed by atoms with Gasteiger partial charge in [-0.1, -0.05) is 0 Å². The molecule has 0 aliphatic carbocycles. The lowest BCUT2D eigenvalue weighted by Crippen LogP contribution is -2.38. The number of ether oxygens (including phenoxy) is 3. The monoisotopic (exact) mass is 1050 g/mol. The molecule has 380 valence electrons. The van der Waals surface area contributed by atoms with Gasteiger partial charge in [-0.2, -0.15) is 15.0 Å². The summed E-state index contributed by atoms with van der Waals surface area (Å²) in [4.78, 5) is 108. The summed E-state index contributed by atoms with van der Waals surface area (Å²) in [7, 11) is -16.4. The number of aliphatic hydroxyl groups excluding tert-OH is 4. The van der Waals surface area contributed by atoms with Crippen LogP contribution >= 0.6 is 23.5 Å². The zero-order chi connectivity index (χ0) is 50.4. The highest BCUT2D eigenvalue weighted by Crippen LogP contribution is 2.53. The molecule has 3 aliphatic rings. The molecule has 40 heteroatoms. The predicted octanol–water partition coefficient (Wildman–Crippen LogP) is -5.62. The summed E-state index contributed by atoms with van der Waals surface area (Å²) in [5, 5.41) is 44.6. The van der Waals surface area contributed by atoms with Crippen molar-refractivity contribution < 1.29 is 90.5 Å². The molecule has 0 spiro atoms. The van der Waals surface area contributed by atoms with Crippen molar-refractivity contribution in [2.45, 2.75) is 73.6 Å². The molecule has 17 N–H and O–H groups in total. The number of H-pyrrole nitrogens is 3. The van der Waals surface area contributed by atoms with Crippen LogP contribution in [0.5, 0.6) is 0 Å². The maximum absolute atomic E-state index is 13.7. The Balaban J connectivity index is 0.941. The summed E-state index contributed by atoms with van der Waals surface area (Å²) in [5.74, 6) is -1.12. The predicted molar refractivity (Wildman–Crippen MR) is 223 cm³/mol. The first-order chi connectivity index (χ1) is 32.9. The number of nitrogens with one attached hydrogen (secondary N) is 3. The van der Waals surface area contributed by atoms with Crippen LogP contribution in [0.3, 0.4) is 0 Å². The minimum absolute atomic E-state index is 0.157. The molecule has 9 rings (SSSR count). The van der Waals surface area contributed by atoms with Crippen molar-refractivity contribution in [1.82, 2.24) is 58.6 Å². The van der Waals surface area contributed by atoms with E-state index in [2.05, 4.69) is 49.4 Å². The number of rotatable bonds is 16. The van der Waals surface area contributed by atoms with E-state index in [1.165, 1.54) is 0 Å². The van der Waals surface area contributed by atoms with E-state index in [0.717, 1.165) is 32.7 Å². The maximum Gasteiger partial charge on any atom is 0.472 e. The highest BCUT2D eigenvalue weighted by atomic mass is 31.2.